The Bertz CT molecular complexity index is 1460. The molecule has 0 spiro atoms. The van der Waals surface area contributed by atoms with Gasteiger partial charge < -0.3 is 10.2 Å². The Morgan fingerprint density at radius 1 is 1.05 bits per heavy atom. The summed E-state index contributed by atoms with van der Waals surface area (Å²) in [5.74, 6) is -0.783. The third kappa shape index (κ3) is 5.94. The van der Waals surface area contributed by atoms with E-state index in [0.717, 1.165) is 24.1 Å². The fourth-order valence-corrected chi connectivity index (χ4v) is 5.65. The third-order valence-corrected chi connectivity index (χ3v) is 8.09. The summed E-state index contributed by atoms with van der Waals surface area (Å²) >= 11 is 5.72. The molecule has 3 aromatic carbocycles. The molecule has 1 fully saturated rings. The average Bonchev–Trinajstić information content (AvgIpc) is 3.29. The zero-order valence-electron chi connectivity index (χ0n) is 20.1. The molecule has 1 aliphatic heterocycles. The quantitative estimate of drug-likeness (QED) is 0.402. The van der Waals surface area contributed by atoms with E-state index in [0.29, 0.717) is 34.7 Å². The summed E-state index contributed by atoms with van der Waals surface area (Å²) in [6.07, 6.45) is -3.62. The Balaban J connectivity index is 1.63. The molecule has 1 heterocycles. The number of alkyl halides is 3. The van der Waals surface area contributed by atoms with Crippen molar-refractivity contribution in [2.45, 2.75) is 30.8 Å². The molecule has 7 nitrogen and oxygen atoms in total. The number of sulfonamides is 1. The summed E-state index contributed by atoms with van der Waals surface area (Å²) in [6, 6.07) is 14.8. The Labute approximate surface area is 222 Å². The average molecular weight is 566 g/mol. The fraction of sp³-hybridized carbons (Fsp3) is 0.231. The number of aryl methyl sites for hydroxylation is 1. The van der Waals surface area contributed by atoms with Gasteiger partial charge in [0, 0.05) is 24.3 Å². The van der Waals surface area contributed by atoms with Crippen molar-refractivity contribution in [3.63, 3.8) is 0 Å². The highest BCUT2D eigenvalue weighted by Crippen LogP contribution is 2.38. The number of carbonyl (C=O) groups is 2. The van der Waals surface area contributed by atoms with Gasteiger partial charge >= 0.3 is 6.18 Å². The number of amides is 2. The lowest BCUT2D eigenvalue weighted by Gasteiger charge is -2.25. The normalized spacial score (nSPS) is 14.0. The Morgan fingerprint density at radius 3 is 2.29 bits per heavy atom. The van der Waals surface area contributed by atoms with Crippen molar-refractivity contribution in [3.8, 4) is 0 Å². The second-order valence-corrected chi connectivity index (χ2v) is 11.0. The van der Waals surface area contributed by atoms with Gasteiger partial charge in [0.2, 0.25) is 11.8 Å². The highest BCUT2D eigenvalue weighted by Gasteiger charge is 2.35. The van der Waals surface area contributed by atoms with E-state index in [-0.39, 0.29) is 16.5 Å². The molecule has 0 radical (unpaired) electrons. The van der Waals surface area contributed by atoms with Crippen molar-refractivity contribution in [2.24, 2.45) is 0 Å². The molecule has 1 saturated heterocycles. The number of carbonyl (C=O) groups excluding carboxylic acids is 2. The second-order valence-electron chi connectivity index (χ2n) is 8.73. The predicted octanol–water partition coefficient (Wildman–Crippen LogP) is 5.63. The molecule has 0 atom stereocenters. The van der Waals surface area contributed by atoms with Gasteiger partial charge in [-0.2, -0.15) is 13.2 Å². The third-order valence-electron chi connectivity index (χ3n) is 5.98. The number of nitrogens with zero attached hydrogens (tertiary/aromatic N) is 2. The first kappa shape index (κ1) is 27.5. The van der Waals surface area contributed by atoms with Crippen LogP contribution in [-0.4, -0.2) is 33.3 Å². The first-order valence-electron chi connectivity index (χ1n) is 11.5. The van der Waals surface area contributed by atoms with E-state index in [1.165, 1.54) is 12.1 Å². The maximum atomic E-state index is 13.5. The Kier molecular flexibility index (Phi) is 7.70. The van der Waals surface area contributed by atoms with Crippen LogP contribution in [0.25, 0.3) is 0 Å². The predicted molar refractivity (Wildman–Crippen MR) is 139 cm³/mol. The molecule has 0 saturated carbocycles. The lowest BCUT2D eigenvalue weighted by molar-refractivity contribution is -0.137. The van der Waals surface area contributed by atoms with Gasteiger partial charge in [-0.1, -0.05) is 29.3 Å². The van der Waals surface area contributed by atoms with Gasteiger partial charge in [0.25, 0.3) is 10.0 Å². The molecular weight excluding hydrogens is 543 g/mol. The number of nitrogens with one attached hydrogen (secondary N) is 1. The van der Waals surface area contributed by atoms with Gasteiger partial charge in [-0.05, 0) is 67.9 Å². The maximum Gasteiger partial charge on any atom is 0.417 e. The van der Waals surface area contributed by atoms with Crippen LogP contribution in [0.1, 0.15) is 24.0 Å². The summed E-state index contributed by atoms with van der Waals surface area (Å²) in [7, 11) is -4.44. The highest BCUT2D eigenvalue weighted by molar-refractivity contribution is 7.92. The van der Waals surface area contributed by atoms with Crippen LogP contribution in [0.5, 0.6) is 0 Å². The van der Waals surface area contributed by atoms with Crippen LogP contribution < -0.4 is 14.5 Å². The van der Waals surface area contributed by atoms with Crippen LogP contribution in [0, 0.1) is 6.92 Å². The minimum atomic E-state index is -4.84. The molecule has 0 bridgehead atoms. The van der Waals surface area contributed by atoms with E-state index in [1.807, 2.05) is 0 Å². The molecule has 0 unspecified atom stereocenters. The molecule has 0 aliphatic carbocycles. The minimum Gasteiger partial charge on any atom is -0.325 e. The molecule has 12 heteroatoms. The maximum absolute atomic E-state index is 13.5. The molecule has 1 aliphatic rings. The number of hydrogen-bond acceptors (Lipinski definition) is 4. The van der Waals surface area contributed by atoms with Gasteiger partial charge in [-0.25, -0.2) is 8.42 Å². The van der Waals surface area contributed by atoms with Gasteiger partial charge in [0.05, 0.1) is 21.2 Å². The number of rotatable bonds is 7. The van der Waals surface area contributed by atoms with E-state index in [1.54, 1.807) is 48.2 Å². The van der Waals surface area contributed by atoms with Crippen molar-refractivity contribution in [2.75, 3.05) is 27.6 Å². The van der Waals surface area contributed by atoms with Crippen molar-refractivity contribution in [3.05, 3.63) is 82.9 Å². The zero-order valence-corrected chi connectivity index (χ0v) is 21.7. The SMILES string of the molecule is Cc1ccc(S(=O)(=O)N(CC(=O)Nc2ccc(N3CCCC3=O)cc2)c2ccc(Cl)c(C(F)(F)F)c2)cc1. The standard InChI is InChI=1S/C26H23ClF3N3O4S/c1-17-4-11-21(12-5-17)38(36,37)33(20-10-13-23(27)22(15-20)26(28,29)30)16-24(34)31-18-6-8-19(9-7-18)32-14-2-3-25(32)35/h4-13,15H,2-3,14,16H2,1H3,(H,31,34). The fourth-order valence-electron chi connectivity index (χ4n) is 4.01. The summed E-state index contributed by atoms with van der Waals surface area (Å²) in [5.41, 5.74) is 0.159. The molecule has 1 N–H and O–H groups in total. The van der Waals surface area contributed by atoms with Crippen LogP contribution in [0.4, 0.5) is 30.2 Å². The Hall–Kier alpha value is -3.57. The van der Waals surface area contributed by atoms with E-state index in [4.69, 9.17) is 11.6 Å². The van der Waals surface area contributed by atoms with E-state index in [9.17, 15) is 31.2 Å². The first-order chi connectivity index (χ1) is 17.9. The zero-order chi connectivity index (χ0) is 27.7. The molecule has 2 amide bonds. The molecular formula is C26H23ClF3N3O4S. The van der Waals surface area contributed by atoms with Crippen molar-refractivity contribution in [1.82, 2.24) is 0 Å². The summed E-state index contributed by atoms with van der Waals surface area (Å²) in [5, 5.41) is 1.96. The number of benzene rings is 3. The summed E-state index contributed by atoms with van der Waals surface area (Å²) < 4.78 is 68.2. The van der Waals surface area contributed by atoms with Gasteiger partial charge in [0.15, 0.2) is 0 Å². The van der Waals surface area contributed by atoms with Crippen LogP contribution >= 0.6 is 11.6 Å². The molecule has 4 rings (SSSR count). The first-order valence-corrected chi connectivity index (χ1v) is 13.3. The van der Waals surface area contributed by atoms with Crippen LogP contribution in [0.3, 0.4) is 0 Å². The lowest BCUT2D eigenvalue weighted by atomic mass is 10.2. The van der Waals surface area contributed by atoms with E-state index < -0.39 is 39.2 Å². The molecule has 0 aromatic heterocycles. The molecule has 200 valence electrons. The lowest BCUT2D eigenvalue weighted by Crippen LogP contribution is -2.38. The second kappa shape index (κ2) is 10.7. The minimum absolute atomic E-state index is 0.0000645. The topological polar surface area (TPSA) is 86.8 Å². The largest absolute Gasteiger partial charge is 0.417 e. The van der Waals surface area contributed by atoms with Crippen molar-refractivity contribution in [1.29, 1.82) is 0 Å². The monoisotopic (exact) mass is 565 g/mol. The molecule has 3 aromatic rings. The van der Waals surface area contributed by atoms with E-state index in [2.05, 4.69) is 5.32 Å². The van der Waals surface area contributed by atoms with Crippen LogP contribution in [-0.2, 0) is 25.8 Å². The summed E-state index contributed by atoms with van der Waals surface area (Å²) in [4.78, 5) is 26.3. The van der Waals surface area contributed by atoms with Crippen LogP contribution in [0.2, 0.25) is 5.02 Å². The highest BCUT2D eigenvalue weighted by atomic mass is 35.5. The van der Waals surface area contributed by atoms with Gasteiger partial charge in [0.1, 0.15) is 6.54 Å². The smallest absolute Gasteiger partial charge is 0.325 e. The number of hydrogen-bond donors (Lipinski definition) is 1. The van der Waals surface area contributed by atoms with Gasteiger partial charge in [-0.15, -0.1) is 0 Å². The number of halogens is 4. The Morgan fingerprint density at radius 2 is 1.71 bits per heavy atom. The number of anilines is 3. The van der Waals surface area contributed by atoms with Gasteiger partial charge in [-0.3, -0.25) is 13.9 Å². The summed E-state index contributed by atoms with van der Waals surface area (Å²) in [6.45, 7) is 1.54. The van der Waals surface area contributed by atoms with Crippen molar-refractivity contribution < 1.29 is 31.2 Å². The van der Waals surface area contributed by atoms with Crippen LogP contribution in [0.15, 0.2) is 71.6 Å². The van der Waals surface area contributed by atoms with E-state index >= 15 is 0 Å². The van der Waals surface area contributed by atoms with Crippen molar-refractivity contribution >= 4 is 50.5 Å². The molecule has 38 heavy (non-hydrogen) atoms.